The molecule has 1 saturated heterocycles. The molecule has 1 N–H and O–H groups in total. The fourth-order valence-electron chi connectivity index (χ4n) is 1.73. The fourth-order valence-corrected chi connectivity index (χ4v) is 1.73. The quantitative estimate of drug-likeness (QED) is 0.622. The average molecular weight is 240 g/mol. The van der Waals surface area contributed by atoms with Crippen molar-refractivity contribution in [1.29, 1.82) is 0 Å². The second-order valence-electron chi connectivity index (χ2n) is 4.13. The molecule has 2 rings (SSSR count). The van der Waals surface area contributed by atoms with E-state index in [1.54, 1.807) is 0 Å². The van der Waals surface area contributed by atoms with Gasteiger partial charge in [0.15, 0.2) is 5.76 Å². The second kappa shape index (κ2) is 3.85. The average Bonchev–Trinajstić information content (AvgIpc) is 2.73. The van der Waals surface area contributed by atoms with E-state index in [4.69, 9.17) is 4.42 Å². The largest absolute Gasteiger partial charge is 0.433 e. The molecule has 1 fully saturated rings. The molecular formula is C10H12N2O5. The van der Waals surface area contributed by atoms with Crippen LogP contribution in [0.5, 0.6) is 0 Å². The molecular weight excluding hydrogens is 228 g/mol. The first-order valence-corrected chi connectivity index (χ1v) is 5.21. The molecule has 1 aliphatic rings. The third-order valence-electron chi connectivity index (χ3n) is 2.90. The molecule has 7 nitrogen and oxygen atoms in total. The van der Waals surface area contributed by atoms with Crippen LogP contribution >= 0.6 is 0 Å². The van der Waals surface area contributed by atoms with Gasteiger partial charge in [-0.2, -0.15) is 0 Å². The van der Waals surface area contributed by atoms with Crippen molar-refractivity contribution in [3.63, 3.8) is 0 Å². The van der Waals surface area contributed by atoms with Gasteiger partial charge in [0.05, 0.1) is 24.8 Å². The number of aliphatic hydroxyl groups is 1. The number of nitrogens with zero attached hydrogens (tertiary/aromatic N) is 2. The molecule has 0 atom stereocenters. The highest BCUT2D eigenvalue weighted by molar-refractivity contribution is 5.92. The third-order valence-corrected chi connectivity index (χ3v) is 2.90. The normalized spacial score (nSPS) is 17.6. The lowest BCUT2D eigenvalue weighted by Gasteiger charge is -2.45. The first-order valence-electron chi connectivity index (χ1n) is 5.21. The van der Waals surface area contributed by atoms with Crippen LogP contribution < -0.4 is 0 Å². The summed E-state index contributed by atoms with van der Waals surface area (Å²) >= 11 is 0. The minimum atomic E-state index is -0.825. The van der Waals surface area contributed by atoms with Gasteiger partial charge in [-0.05, 0) is 12.5 Å². The van der Waals surface area contributed by atoms with Crippen molar-refractivity contribution < 1.29 is 19.2 Å². The molecule has 1 aromatic heterocycles. The summed E-state index contributed by atoms with van der Waals surface area (Å²) in [5, 5.41) is 20.1. The van der Waals surface area contributed by atoms with Crippen LogP contribution in [0.2, 0.25) is 0 Å². The third kappa shape index (κ3) is 2.01. The fraction of sp³-hybridized carbons (Fsp3) is 0.500. The molecule has 2 heterocycles. The first kappa shape index (κ1) is 11.6. The Labute approximate surface area is 96.8 Å². The molecule has 92 valence electrons. The van der Waals surface area contributed by atoms with Crippen molar-refractivity contribution in [3.8, 4) is 0 Å². The van der Waals surface area contributed by atoms with Crippen molar-refractivity contribution in [2.24, 2.45) is 0 Å². The molecule has 7 heteroatoms. The minimum absolute atomic E-state index is 0.0742. The smallest absolute Gasteiger partial charge is 0.395 e. The number of rotatable bonds is 3. The van der Waals surface area contributed by atoms with E-state index >= 15 is 0 Å². The predicted molar refractivity (Wildman–Crippen MR) is 56.5 cm³/mol. The van der Waals surface area contributed by atoms with Crippen molar-refractivity contribution in [1.82, 2.24) is 4.90 Å². The molecule has 0 aliphatic carbocycles. The Bertz CT molecular complexity index is 461. The SMILES string of the molecule is CCC1(O)CN(C(=O)c2ccc([N+](=O)[O-])o2)C1. The maximum atomic E-state index is 11.8. The minimum Gasteiger partial charge on any atom is -0.395 e. The summed E-state index contributed by atoms with van der Waals surface area (Å²) in [6.07, 6.45) is 0.565. The van der Waals surface area contributed by atoms with Gasteiger partial charge in [-0.25, -0.2) is 0 Å². The lowest BCUT2D eigenvalue weighted by molar-refractivity contribution is -0.402. The maximum Gasteiger partial charge on any atom is 0.433 e. The Balaban J connectivity index is 2.04. The van der Waals surface area contributed by atoms with Gasteiger partial charge in [0.1, 0.15) is 4.92 Å². The van der Waals surface area contributed by atoms with Crippen LogP contribution in [0.3, 0.4) is 0 Å². The van der Waals surface area contributed by atoms with E-state index in [1.807, 2.05) is 6.92 Å². The van der Waals surface area contributed by atoms with E-state index in [9.17, 15) is 20.0 Å². The zero-order chi connectivity index (χ0) is 12.6. The standard InChI is InChI=1S/C10H12N2O5/c1-2-10(14)5-11(6-10)9(13)7-3-4-8(17-7)12(15)16/h3-4,14H,2,5-6H2,1H3. The van der Waals surface area contributed by atoms with Crippen LogP contribution in [0.4, 0.5) is 5.88 Å². The summed E-state index contributed by atoms with van der Waals surface area (Å²) in [6, 6.07) is 2.41. The van der Waals surface area contributed by atoms with Gasteiger partial charge >= 0.3 is 5.88 Å². The summed E-state index contributed by atoms with van der Waals surface area (Å²) in [6.45, 7) is 2.30. The summed E-state index contributed by atoms with van der Waals surface area (Å²) in [5.41, 5.74) is -0.825. The van der Waals surface area contributed by atoms with Crippen molar-refractivity contribution >= 4 is 11.8 Å². The molecule has 0 radical (unpaired) electrons. The Morgan fingerprint density at radius 2 is 2.29 bits per heavy atom. The van der Waals surface area contributed by atoms with Crippen LogP contribution in [0, 0.1) is 10.1 Å². The number of hydrogen-bond donors (Lipinski definition) is 1. The number of nitro groups is 1. The number of β-amino-alcohol motifs (C(OH)–C–C–N with tert-alkyl or cyclic N) is 1. The van der Waals surface area contributed by atoms with E-state index in [2.05, 4.69) is 0 Å². The molecule has 0 spiro atoms. The zero-order valence-corrected chi connectivity index (χ0v) is 9.25. The van der Waals surface area contributed by atoms with Crippen LogP contribution in [-0.2, 0) is 0 Å². The second-order valence-corrected chi connectivity index (χ2v) is 4.13. The summed E-state index contributed by atoms with van der Waals surface area (Å²) in [4.78, 5) is 22.8. The topological polar surface area (TPSA) is 96.8 Å². The Morgan fingerprint density at radius 3 is 2.76 bits per heavy atom. The predicted octanol–water partition coefficient (Wildman–Crippen LogP) is 0.785. The Hall–Kier alpha value is -1.89. The van der Waals surface area contributed by atoms with Crippen LogP contribution in [-0.4, -0.2) is 39.5 Å². The molecule has 1 aromatic rings. The number of carbonyl (C=O) groups is 1. The molecule has 1 amide bonds. The van der Waals surface area contributed by atoms with Gasteiger partial charge in [-0.3, -0.25) is 14.9 Å². The van der Waals surface area contributed by atoms with Gasteiger partial charge in [0.2, 0.25) is 0 Å². The number of carbonyl (C=O) groups excluding carboxylic acids is 1. The van der Waals surface area contributed by atoms with Crippen LogP contribution in [0.15, 0.2) is 16.5 Å². The van der Waals surface area contributed by atoms with E-state index in [0.29, 0.717) is 6.42 Å². The summed E-state index contributed by atoms with van der Waals surface area (Å²) in [5.74, 6) is -0.967. The van der Waals surface area contributed by atoms with Gasteiger partial charge in [0, 0.05) is 0 Å². The number of furan rings is 1. The van der Waals surface area contributed by atoms with E-state index in [-0.39, 0.29) is 18.8 Å². The number of amides is 1. The van der Waals surface area contributed by atoms with E-state index in [0.717, 1.165) is 6.07 Å². The van der Waals surface area contributed by atoms with Crippen LogP contribution in [0.1, 0.15) is 23.9 Å². The molecule has 0 bridgehead atoms. The van der Waals surface area contributed by atoms with Gasteiger partial charge < -0.3 is 14.4 Å². The van der Waals surface area contributed by atoms with Crippen molar-refractivity contribution in [2.45, 2.75) is 18.9 Å². The van der Waals surface area contributed by atoms with Crippen molar-refractivity contribution in [3.05, 3.63) is 28.0 Å². The van der Waals surface area contributed by atoms with Gasteiger partial charge in [-0.15, -0.1) is 0 Å². The molecule has 0 saturated carbocycles. The monoisotopic (exact) mass is 240 g/mol. The molecule has 1 aliphatic heterocycles. The van der Waals surface area contributed by atoms with Crippen molar-refractivity contribution in [2.75, 3.05) is 13.1 Å². The molecule has 0 unspecified atom stereocenters. The summed E-state index contributed by atoms with van der Waals surface area (Å²) in [7, 11) is 0. The van der Waals surface area contributed by atoms with Gasteiger partial charge in [-0.1, -0.05) is 6.92 Å². The van der Waals surface area contributed by atoms with E-state index < -0.39 is 22.3 Å². The first-order chi connectivity index (χ1) is 7.95. The van der Waals surface area contributed by atoms with Crippen LogP contribution in [0.25, 0.3) is 0 Å². The summed E-state index contributed by atoms with van der Waals surface area (Å²) < 4.78 is 4.79. The van der Waals surface area contributed by atoms with Gasteiger partial charge in [0.25, 0.3) is 5.91 Å². The molecule has 17 heavy (non-hydrogen) atoms. The lowest BCUT2D eigenvalue weighted by Crippen LogP contribution is -2.63. The number of hydrogen-bond acceptors (Lipinski definition) is 5. The Morgan fingerprint density at radius 1 is 1.65 bits per heavy atom. The number of likely N-dealkylation sites (tertiary alicyclic amines) is 1. The lowest BCUT2D eigenvalue weighted by atomic mass is 9.91. The maximum absolute atomic E-state index is 11.8. The molecule has 0 aromatic carbocycles. The zero-order valence-electron chi connectivity index (χ0n) is 9.25. The highest BCUT2D eigenvalue weighted by Gasteiger charge is 2.43. The van der Waals surface area contributed by atoms with E-state index in [1.165, 1.54) is 11.0 Å². The highest BCUT2D eigenvalue weighted by atomic mass is 16.6. The Kier molecular flexibility index (Phi) is 2.62. The highest BCUT2D eigenvalue weighted by Crippen LogP contribution is 2.27.